The highest BCUT2D eigenvalue weighted by atomic mass is 16.0. The van der Waals surface area contributed by atoms with Gasteiger partial charge in [0.05, 0.1) is 0 Å². The molecule has 0 aromatic carbocycles. The van der Waals surface area contributed by atoms with Gasteiger partial charge < -0.3 is 115 Å². The van der Waals surface area contributed by atoms with E-state index >= 15 is 0 Å². The lowest BCUT2D eigenvalue weighted by molar-refractivity contribution is 0.823. The second-order valence-electron chi connectivity index (χ2n) is 0. The van der Waals surface area contributed by atoms with Gasteiger partial charge in [0.25, 0.3) is 0 Å². The Kier molecular flexibility index (Phi) is 4470000. The molecule has 0 aliphatic rings. The molecule has 168 valence electrons. The molecule has 0 aliphatic heterocycles. The fourth-order valence-electron chi connectivity index (χ4n) is 0. The van der Waals surface area contributed by atoms with Crippen LogP contribution in [0.25, 0.3) is 0 Å². The van der Waals surface area contributed by atoms with E-state index in [1.165, 1.54) is 0 Å². The SMILES string of the molecule is O.O.O.O.O.O.O.O.O.O.O.O.O.O.O.O.O.O.O.O.O. The zero-order valence-electron chi connectivity index (χ0n) is 10.5. The van der Waals surface area contributed by atoms with Gasteiger partial charge in [0.2, 0.25) is 0 Å². The van der Waals surface area contributed by atoms with Gasteiger partial charge in [-0.25, -0.2) is 0 Å². The van der Waals surface area contributed by atoms with Crippen LogP contribution < -0.4 is 0 Å². The highest BCUT2D eigenvalue weighted by Gasteiger charge is -0.392. The molecule has 0 saturated carbocycles. The first-order valence-electron chi connectivity index (χ1n) is 0. The Bertz CT molecular complexity index is 0. The topological polar surface area (TPSA) is 662 Å². The van der Waals surface area contributed by atoms with E-state index in [9.17, 15) is 0 Å². The van der Waals surface area contributed by atoms with Gasteiger partial charge in [0, 0.05) is 0 Å². The molecule has 0 rings (SSSR count). The van der Waals surface area contributed by atoms with Crippen LogP contribution in [0.5, 0.6) is 0 Å². The zero-order chi connectivity index (χ0) is 0. The Morgan fingerprint density at radius 2 is 0.0476 bits per heavy atom. The van der Waals surface area contributed by atoms with Crippen molar-refractivity contribution in [3.05, 3.63) is 0 Å². The van der Waals surface area contributed by atoms with Crippen LogP contribution in [-0.4, -0.2) is 115 Å². The predicted octanol–water partition coefficient (Wildman–Crippen LogP) is -17.3. The smallest absolute Gasteiger partial charge is 0.412 e. The van der Waals surface area contributed by atoms with Crippen molar-refractivity contribution in [2.45, 2.75) is 0 Å². The van der Waals surface area contributed by atoms with E-state index in [0.29, 0.717) is 0 Å². The van der Waals surface area contributed by atoms with Gasteiger partial charge in [-0.3, -0.25) is 0 Å². The van der Waals surface area contributed by atoms with E-state index < -0.39 is 0 Å². The first-order chi connectivity index (χ1) is 0. The third-order valence-electron chi connectivity index (χ3n) is 0. The fourth-order valence-corrected chi connectivity index (χ4v) is 0. The Morgan fingerprint density at radius 3 is 0.0476 bits per heavy atom. The third-order valence-corrected chi connectivity index (χ3v) is 0. The van der Waals surface area contributed by atoms with Gasteiger partial charge in [-0.05, 0) is 0 Å². The molecule has 0 radical (unpaired) electrons. The molecule has 42 N–H and O–H groups in total. The minimum Gasteiger partial charge on any atom is -0.412 e. The van der Waals surface area contributed by atoms with Crippen molar-refractivity contribution in [3.63, 3.8) is 0 Å². The molecule has 0 aliphatic carbocycles. The van der Waals surface area contributed by atoms with Crippen LogP contribution in [0.2, 0.25) is 0 Å². The quantitative estimate of drug-likeness (QED) is 0.378. The number of rotatable bonds is 0. The van der Waals surface area contributed by atoms with E-state index in [0.717, 1.165) is 0 Å². The Morgan fingerprint density at radius 1 is 0.0476 bits per heavy atom. The van der Waals surface area contributed by atoms with Crippen LogP contribution in [0.1, 0.15) is 0 Å². The largest absolute Gasteiger partial charge is 0.412 e. The molecule has 0 fully saturated rings. The zero-order valence-corrected chi connectivity index (χ0v) is 10.5. The van der Waals surface area contributed by atoms with Gasteiger partial charge in [0.15, 0.2) is 0 Å². The van der Waals surface area contributed by atoms with E-state index in [-0.39, 0.29) is 115 Å². The molecule has 0 aromatic heterocycles. The Hall–Kier alpha value is -0.840. The lowest BCUT2D eigenvalue weighted by Gasteiger charge is -0.413. The summed E-state index contributed by atoms with van der Waals surface area (Å²) in [5.74, 6) is 0. The minimum atomic E-state index is 0. The van der Waals surface area contributed by atoms with Crippen molar-refractivity contribution < 1.29 is 115 Å². The van der Waals surface area contributed by atoms with Crippen LogP contribution in [0.3, 0.4) is 0 Å². The molecule has 0 heterocycles. The van der Waals surface area contributed by atoms with Crippen molar-refractivity contribution in [1.29, 1.82) is 0 Å². The van der Waals surface area contributed by atoms with Crippen LogP contribution in [-0.2, 0) is 0 Å². The average Bonchev–Trinajstić information content (AvgIpc) is 0. The van der Waals surface area contributed by atoms with Crippen molar-refractivity contribution in [3.8, 4) is 0 Å². The average molecular weight is 378 g/mol. The van der Waals surface area contributed by atoms with Gasteiger partial charge in [-0.15, -0.1) is 0 Å². The highest BCUT2D eigenvalue weighted by Crippen LogP contribution is -0.269. The van der Waals surface area contributed by atoms with Gasteiger partial charge in [-0.2, -0.15) is 0 Å². The van der Waals surface area contributed by atoms with Gasteiger partial charge >= 0.3 is 0 Å². The molecule has 21 heavy (non-hydrogen) atoms. The Labute approximate surface area is 116 Å². The molecule has 21 nitrogen and oxygen atoms in total. The summed E-state index contributed by atoms with van der Waals surface area (Å²) in [6.07, 6.45) is 0. The second-order valence-corrected chi connectivity index (χ2v) is 0. The summed E-state index contributed by atoms with van der Waals surface area (Å²) < 4.78 is 0. The van der Waals surface area contributed by atoms with Gasteiger partial charge in [-0.1, -0.05) is 0 Å². The molecule has 0 unspecified atom stereocenters. The molecule has 0 aromatic rings. The number of hydrogen-bond donors (Lipinski definition) is 0. The second kappa shape index (κ2) is 8960. The summed E-state index contributed by atoms with van der Waals surface area (Å²) in [6, 6.07) is 0. The maximum Gasteiger partial charge on any atom is -0.412 e. The number of hydrogen-bond acceptors (Lipinski definition) is 0. The normalized spacial score (nSPS) is 0. The molecule has 21 heteroatoms. The van der Waals surface area contributed by atoms with E-state index in [4.69, 9.17) is 0 Å². The van der Waals surface area contributed by atoms with Crippen molar-refractivity contribution in [1.82, 2.24) is 0 Å². The standard InChI is InChI=1S/21H2O/h21*1H2. The van der Waals surface area contributed by atoms with E-state index in [1.807, 2.05) is 0 Å². The molecular weight excluding hydrogens is 336 g/mol. The molecule has 0 amide bonds. The molecule has 0 bridgehead atoms. The predicted molar refractivity (Wildman–Crippen MR) is 75.9 cm³/mol. The maximum atomic E-state index is 0. The van der Waals surface area contributed by atoms with E-state index in [2.05, 4.69) is 0 Å². The van der Waals surface area contributed by atoms with Crippen LogP contribution in [0, 0.1) is 0 Å². The summed E-state index contributed by atoms with van der Waals surface area (Å²) in [6.45, 7) is 0. The molecule has 0 saturated heterocycles. The summed E-state index contributed by atoms with van der Waals surface area (Å²) in [5, 5.41) is 0. The minimum absolute atomic E-state index is 0. The summed E-state index contributed by atoms with van der Waals surface area (Å²) >= 11 is 0. The van der Waals surface area contributed by atoms with Crippen molar-refractivity contribution >= 4 is 0 Å². The maximum absolute atomic E-state index is 0. The Balaban J connectivity index is 0. The highest BCUT2D eigenvalue weighted by molar-refractivity contribution is 0.844. The van der Waals surface area contributed by atoms with Crippen LogP contribution in [0.4, 0.5) is 0 Å². The summed E-state index contributed by atoms with van der Waals surface area (Å²) in [5.41, 5.74) is 0. The molecule has 0 spiro atoms. The van der Waals surface area contributed by atoms with Crippen LogP contribution >= 0.6 is 0 Å². The summed E-state index contributed by atoms with van der Waals surface area (Å²) in [4.78, 5) is 0. The first-order valence-corrected chi connectivity index (χ1v) is 0. The third kappa shape index (κ3) is 8000. The van der Waals surface area contributed by atoms with Crippen LogP contribution in [0.15, 0.2) is 0 Å². The monoisotopic (exact) mass is 378 g/mol. The first kappa shape index (κ1) is 10500. The van der Waals surface area contributed by atoms with Gasteiger partial charge in [0.1, 0.15) is 0 Å². The van der Waals surface area contributed by atoms with Crippen molar-refractivity contribution in [2.24, 2.45) is 0 Å². The summed E-state index contributed by atoms with van der Waals surface area (Å²) in [7, 11) is 0. The van der Waals surface area contributed by atoms with Crippen molar-refractivity contribution in [2.75, 3.05) is 0 Å². The molecule has 0 atom stereocenters. The molecular formula is H42O21. The lowest BCUT2D eigenvalue weighted by Crippen LogP contribution is -0.290. The fraction of sp³-hybridized carbons (Fsp3) is 0. The van der Waals surface area contributed by atoms with E-state index in [1.54, 1.807) is 0 Å². The lowest BCUT2D eigenvalue weighted by atomic mass is 16.0.